The van der Waals surface area contributed by atoms with Gasteiger partial charge in [0.25, 0.3) is 23.6 Å². The van der Waals surface area contributed by atoms with Gasteiger partial charge in [-0.1, -0.05) is 70.8 Å². The minimum atomic E-state index is -1.94. The van der Waals surface area contributed by atoms with Crippen LogP contribution in [0.25, 0.3) is 43.1 Å². The van der Waals surface area contributed by atoms with E-state index >= 15 is 19.2 Å². The van der Waals surface area contributed by atoms with Crippen molar-refractivity contribution >= 4 is 100 Å². The third-order valence-electron chi connectivity index (χ3n) is 17.9. The number of rotatable bonds is 17. The summed E-state index contributed by atoms with van der Waals surface area (Å²) in [6, 6.07) is 33.6. The molecule has 0 aromatic heterocycles. The minimum Gasteiger partial charge on any atom is -0.457 e. The summed E-state index contributed by atoms with van der Waals surface area (Å²) in [6.45, 7) is 14.7. The molecule has 90 heavy (non-hydrogen) atoms. The van der Waals surface area contributed by atoms with Gasteiger partial charge in [0.2, 0.25) is 11.8 Å². The van der Waals surface area contributed by atoms with Crippen molar-refractivity contribution in [3.63, 3.8) is 0 Å². The fraction of sp³-hybridized carbons (Fsp3) is 0.286. The molecule has 0 saturated carbocycles. The van der Waals surface area contributed by atoms with Crippen molar-refractivity contribution in [2.75, 3.05) is 78.6 Å². The summed E-state index contributed by atoms with van der Waals surface area (Å²) < 4.78 is 39.7. The Morgan fingerprint density at radius 1 is 0.411 bits per heavy atom. The van der Waals surface area contributed by atoms with Gasteiger partial charge in [-0.25, -0.2) is 0 Å². The first-order chi connectivity index (χ1) is 43.4. The topological polar surface area (TPSA) is 177 Å². The number of benzene rings is 9. The third kappa shape index (κ3) is 10.6. The molecule has 0 N–H and O–H groups in total. The third-order valence-corrected chi connectivity index (χ3v) is 20.2. The molecule has 20 heteroatoms. The lowest BCUT2D eigenvalue weighted by Gasteiger charge is -2.39. The largest absolute Gasteiger partial charge is 0.457 e. The standard InChI is InChI=1S/C70H68N6O12SSi/c1-39-9-17-45(18-10-39)85-53-33-49-57-50(68(80)75(67(49)79)43(5)65(77)73-29-25-71(37-89)26-30-73)34-54(86-46-19-11-40(2)12-20-46)60-62-56(88-48-23-15-42(4)16-24-48)36-52-58-51(35-55(61(64(58)62)59(53)63(57)60)87-47-21-13-41(3)14-22-47)69(81)76(70(52)82)44(6)66(78)74-31-27-72(28-32-74)38-90(83-7)84-8/h9-24,33-36,43-44,89-90H,25-32,37-38H2,1-8H3. The van der Waals surface area contributed by atoms with E-state index < -0.39 is 50.9 Å². The van der Waals surface area contributed by atoms with Crippen molar-refractivity contribution in [2.24, 2.45) is 0 Å². The van der Waals surface area contributed by atoms with Crippen molar-refractivity contribution in [1.82, 2.24) is 29.4 Å². The molecular formula is C70H68N6O12SSi. The van der Waals surface area contributed by atoms with E-state index in [1.165, 1.54) is 0 Å². The molecule has 2 fully saturated rings. The van der Waals surface area contributed by atoms with E-state index in [1.54, 1.807) is 62.1 Å². The van der Waals surface area contributed by atoms with E-state index in [9.17, 15) is 9.59 Å². The maximum Gasteiger partial charge on any atom is 0.335 e. The number of imide groups is 2. The summed E-state index contributed by atoms with van der Waals surface area (Å²) in [5.74, 6) is -1.03. The Bertz CT molecular complexity index is 4150. The SMILES string of the molecule is CO[SiH](CN1CCN(C(=O)C(C)N2C(=O)c3cc(Oc4ccc(C)cc4)c4c5c(Oc6ccc(C)cc6)cc6c7c(cc(Oc8ccc(C)cc8)c(c8c(Oc9ccc(C)cc9)cc(c3c48)C2=O)c75)C(=O)N(C(C)C(=O)N2CCN(CS)CC2)C6=O)CC1)OC. The van der Waals surface area contributed by atoms with Crippen LogP contribution in [0.3, 0.4) is 0 Å². The van der Waals surface area contributed by atoms with E-state index in [0.29, 0.717) is 120 Å². The molecule has 4 aliphatic heterocycles. The second-order valence-corrected chi connectivity index (χ2v) is 26.2. The normalized spacial score (nSPS) is 16.3. The summed E-state index contributed by atoms with van der Waals surface area (Å²) in [7, 11) is 1.34. The molecule has 0 spiro atoms. The molecule has 13 rings (SSSR count). The van der Waals surface area contributed by atoms with Gasteiger partial charge in [0.15, 0.2) is 0 Å². The maximum absolute atomic E-state index is 15.9. The zero-order valence-electron chi connectivity index (χ0n) is 51.4. The van der Waals surface area contributed by atoms with E-state index in [-0.39, 0.29) is 61.9 Å². The number of ether oxygens (including phenoxy) is 4. The Balaban J connectivity index is 1.11. The summed E-state index contributed by atoms with van der Waals surface area (Å²) in [5, 5.41) is 2.53. The summed E-state index contributed by atoms with van der Waals surface area (Å²) in [4.78, 5) is 103. The van der Waals surface area contributed by atoms with Crippen LogP contribution in [0.1, 0.15) is 77.5 Å². The van der Waals surface area contributed by atoms with Crippen molar-refractivity contribution in [1.29, 1.82) is 0 Å². The van der Waals surface area contributed by atoms with E-state index in [1.807, 2.05) is 125 Å². The molecule has 460 valence electrons. The number of aryl methyl sites for hydroxylation is 4. The van der Waals surface area contributed by atoms with Gasteiger partial charge in [0, 0.05) is 122 Å². The van der Waals surface area contributed by atoms with Crippen molar-refractivity contribution in [3.05, 3.63) is 166 Å². The summed E-state index contributed by atoms with van der Waals surface area (Å²) >= 11 is 4.46. The number of nitrogens with zero attached hydrogens (tertiary/aromatic N) is 6. The highest BCUT2D eigenvalue weighted by Crippen LogP contribution is 2.58. The molecule has 4 aliphatic rings. The Morgan fingerprint density at radius 2 is 0.678 bits per heavy atom. The van der Waals surface area contributed by atoms with Crippen molar-refractivity contribution in [3.8, 4) is 46.0 Å². The predicted octanol–water partition coefficient (Wildman–Crippen LogP) is 11.3. The van der Waals surface area contributed by atoms with Gasteiger partial charge in [0.1, 0.15) is 58.1 Å². The molecule has 6 amide bonds. The van der Waals surface area contributed by atoms with Crippen LogP contribution < -0.4 is 18.9 Å². The molecule has 9 aromatic rings. The molecule has 2 atom stereocenters. The van der Waals surface area contributed by atoms with Gasteiger partial charge < -0.3 is 37.6 Å². The molecule has 0 bridgehead atoms. The number of hydrogen-bond acceptors (Lipinski definition) is 15. The fourth-order valence-corrected chi connectivity index (χ4v) is 14.5. The molecule has 0 radical (unpaired) electrons. The average molecular weight is 1250 g/mol. The molecule has 9 aromatic carbocycles. The zero-order chi connectivity index (χ0) is 63.0. The number of piperazine rings is 2. The Morgan fingerprint density at radius 3 is 0.933 bits per heavy atom. The van der Waals surface area contributed by atoms with E-state index in [4.69, 9.17) is 27.8 Å². The van der Waals surface area contributed by atoms with Gasteiger partial charge in [-0.15, -0.1) is 0 Å². The first-order valence-electron chi connectivity index (χ1n) is 30.2. The minimum absolute atomic E-state index is 0.0657. The van der Waals surface area contributed by atoms with Crippen LogP contribution in [0.15, 0.2) is 121 Å². The quantitative estimate of drug-likeness (QED) is 0.0299. The predicted molar refractivity (Wildman–Crippen MR) is 349 cm³/mol. The number of hydrogen-bond donors (Lipinski definition) is 1. The van der Waals surface area contributed by atoms with Gasteiger partial charge in [-0.3, -0.25) is 48.4 Å². The number of carbonyl (C=O) groups excluding carboxylic acids is 6. The summed E-state index contributed by atoms with van der Waals surface area (Å²) in [5.41, 5.74) is 4.11. The van der Waals surface area contributed by atoms with Crippen LogP contribution in [0, 0.1) is 27.7 Å². The molecule has 18 nitrogen and oxygen atoms in total. The molecule has 0 aliphatic carbocycles. The van der Waals surface area contributed by atoms with Crippen LogP contribution >= 0.6 is 12.6 Å². The molecule has 4 heterocycles. The summed E-state index contributed by atoms with van der Waals surface area (Å²) in [6.07, 6.45) is 0.630. The second-order valence-electron chi connectivity index (χ2n) is 23.8. The van der Waals surface area contributed by atoms with E-state index in [2.05, 4.69) is 22.4 Å². The number of thiol groups is 1. The molecule has 2 saturated heterocycles. The number of fused-ring (bicyclic) bond motifs is 2. The van der Waals surface area contributed by atoms with Crippen molar-refractivity contribution < 1.29 is 56.6 Å². The lowest BCUT2D eigenvalue weighted by atomic mass is 9.80. The highest BCUT2D eigenvalue weighted by Gasteiger charge is 2.46. The van der Waals surface area contributed by atoms with Crippen LogP contribution in [-0.4, -0.2) is 165 Å². The Hall–Kier alpha value is -8.89. The Labute approximate surface area is 527 Å². The van der Waals surface area contributed by atoms with Gasteiger partial charge >= 0.3 is 9.28 Å². The highest BCUT2D eigenvalue weighted by molar-refractivity contribution is 7.80. The first-order valence-corrected chi connectivity index (χ1v) is 32.6. The Kier molecular flexibility index (Phi) is 16.1. The lowest BCUT2D eigenvalue weighted by molar-refractivity contribution is -0.137. The first kappa shape index (κ1) is 60.0. The van der Waals surface area contributed by atoms with Crippen LogP contribution in [0.4, 0.5) is 0 Å². The second kappa shape index (κ2) is 24.1. The van der Waals surface area contributed by atoms with Gasteiger partial charge in [0.05, 0.1) is 22.3 Å². The molecular weight excluding hydrogens is 1180 g/mol. The smallest absolute Gasteiger partial charge is 0.335 e. The fourth-order valence-electron chi connectivity index (χ4n) is 13.0. The molecule has 2 unspecified atom stereocenters. The number of amides is 6. The van der Waals surface area contributed by atoms with Gasteiger partial charge in [-0.2, -0.15) is 12.6 Å². The van der Waals surface area contributed by atoms with E-state index in [0.717, 1.165) is 32.1 Å². The van der Waals surface area contributed by atoms with Crippen molar-refractivity contribution in [2.45, 2.75) is 53.6 Å². The van der Waals surface area contributed by atoms with Crippen LogP contribution in [0.5, 0.6) is 46.0 Å². The zero-order valence-corrected chi connectivity index (χ0v) is 53.4. The van der Waals surface area contributed by atoms with Crippen LogP contribution in [-0.2, 0) is 18.4 Å². The van der Waals surface area contributed by atoms with Crippen LogP contribution in [0.2, 0.25) is 0 Å². The van der Waals surface area contributed by atoms with Gasteiger partial charge in [-0.05, 0) is 114 Å². The highest BCUT2D eigenvalue weighted by atomic mass is 32.1. The average Bonchev–Trinajstić information content (AvgIpc) is 0.674. The monoisotopic (exact) mass is 1240 g/mol. The lowest BCUT2D eigenvalue weighted by Crippen LogP contribution is -2.57. The maximum atomic E-state index is 15.9. The number of carbonyl (C=O) groups is 6.